The summed E-state index contributed by atoms with van der Waals surface area (Å²) in [6, 6.07) is 23.6. The second-order valence-corrected chi connectivity index (χ2v) is 9.07. The Balaban J connectivity index is 1.75. The van der Waals surface area contributed by atoms with Gasteiger partial charge >= 0.3 is 0 Å². The minimum absolute atomic E-state index is 0.0716. The number of ketones is 1. The van der Waals surface area contributed by atoms with Gasteiger partial charge in [-0.05, 0) is 17.2 Å². The van der Waals surface area contributed by atoms with Crippen LogP contribution in [0, 0.1) is 0 Å². The predicted molar refractivity (Wildman–Crippen MR) is 127 cm³/mol. The lowest BCUT2D eigenvalue weighted by Gasteiger charge is -2.12. The first-order valence-corrected chi connectivity index (χ1v) is 11.8. The van der Waals surface area contributed by atoms with Crippen LogP contribution in [-0.4, -0.2) is 30.9 Å². The molecule has 0 radical (unpaired) electrons. The first kappa shape index (κ1) is 22.4. The Kier molecular flexibility index (Phi) is 6.13. The molecule has 0 fully saturated rings. The molecule has 0 unspecified atom stereocenters. The molecule has 2 N–H and O–H groups in total. The number of carbonyl (C=O) groups is 1. The number of primary sulfonamides is 1. The van der Waals surface area contributed by atoms with Crippen molar-refractivity contribution in [3.8, 4) is 28.4 Å². The van der Waals surface area contributed by atoms with E-state index in [-0.39, 0.29) is 16.6 Å². The number of benzene rings is 3. The highest BCUT2D eigenvalue weighted by Gasteiger charge is 2.22. The van der Waals surface area contributed by atoms with Gasteiger partial charge in [-0.3, -0.25) is 4.79 Å². The molecule has 0 aliphatic carbocycles. The molecule has 3 aromatic carbocycles. The maximum Gasteiger partial charge on any atom is 0.243 e. The normalized spacial score (nSPS) is 11.4. The minimum Gasteiger partial charge on any atom is -0.479 e. The van der Waals surface area contributed by atoms with Gasteiger partial charge in [-0.1, -0.05) is 72.8 Å². The molecule has 1 aromatic heterocycles. The third-order valence-corrected chi connectivity index (χ3v) is 6.26. The van der Waals surface area contributed by atoms with Crippen LogP contribution in [0.5, 0.6) is 5.88 Å². The summed E-state index contributed by atoms with van der Waals surface area (Å²) in [4.78, 5) is 17.1. The average molecular weight is 462 g/mol. The Morgan fingerprint density at radius 2 is 1.58 bits per heavy atom. The van der Waals surface area contributed by atoms with E-state index in [0.717, 1.165) is 16.7 Å². The van der Waals surface area contributed by atoms with E-state index < -0.39 is 10.0 Å². The molecule has 0 spiro atoms. The highest BCUT2D eigenvalue weighted by Crippen LogP contribution is 2.30. The summed E-state index contributed by atoms with van der Waals surface area (Å²) in [5.74, 6) is 0.751. The molecule has 0 aliphatic rings. The monoisotopic (exact) mass is 461 g/mol. The van der Waals surface area contributed by atoms with Gasteiger partial charge in [0.15, 0.2) is 5.78 Å². The Morgan fingerprint density at radius 1 is 0.939 bits per heavy atom. The fraction of sp³-hybridized carbons (Fsp3) is 0.120. The van der Waals surface area contributed by atoms with Gasteiger partial charge in [0.1, 0.15) is 11.5 Å². The SMILES string of the molecule is COc1nc(-c2ccccc2)n(Cc2ccc(-c3ccccc3S(N)(=O)=O)cc2)c1C(C)=O. The fourth-order valence-corrected chi connectivity index (χ4v) is 4.56. The van der Waals surface area contributed by atoms with Crippen molar-refractivity contribution in [2.45, 2.75) is 18.4 Å². The molecule has 33 heavy (non-hydrogen) atoms. The number of nitrogens with two attached hydrogens (primary N) is 1. The van der Waals surface area contributed by atoms with Crippen molar-refractivity contribution < 1.29 is 17.9 Å². The number of rotatable bonds is 7. The summed E-state index contributed by atoms with van der Waals surface area (Å²) in [7, 11) is -2.36. The number of Topliss-reactive ketones (excluding diaryl/α,β-unsaturated/α-hetero) is 1. The summed E-state index contributed by atoms with van der Waals surface area (Å²) in [5.41, 5.74) is 3.42. The average Bonchev–Trinajstić information content (AvgIpc) is 3.18. The molecule has 7 nitrogen and oxygen atoms in total. The molecule has 0 saturated heterocycles. The molecule has 168 valence electrons. The van der Waals surface area contributed by atoms with Crippen LogP contribution in [0.15, 0.2) is 83.8 Å². The van der Waals surface area contributed by atoms with Gasteiger partial charge in [0.25, 0.3) is 0 Å². The van der Waals surface area contributed by atoms with E-state index in [1.54, 1.807) is 18.2 Å². The van der Waals surface area contributed by atoms with Gasteiger partial charge in [-0.2, -0.15) is 4.98 Å². The molecule has 0 aliphatic heterocycles. The zero-order valence-corrected chi connectivity index (χ0v) is 19.0. The molecule has 0 bridgehead atoms. The largest absolute Gasteiger partial charge is 0.479 e. The highest BCUT2D eigenvalue weighted by molar-refractivity contribution is 7.89. The van der Waals surface area contributed by atoms with Crippen LogP contribution in [0.2, 0.25) is 0 Å². The summed E-state index contributed by atoms with van der Waals surface area (Å²) < 4.78 is 31.2. The number of hydrogen-bond acceptors (Lipinski definition) is 5. The van der Waals surface area contributed by atoms with Gasteiger partial charge < -0.3 is 9.30 Å². The van der Waals surface area contributed by atoms with Crippen LogP contribution in [0.4, 0.5) is 0 Å². The number of methoxy groups -OCH3 is 1. The number of aromatic nitrogens is 2. The predicted octanol–water partition coefficient (Wildman–Crippen LogP) is 4.12. The molecule has 0 amide bonds. The van der Waals surface area contributed by atoms with Gasteiger partial charge in [0.2, 0.25) is 15.9 Å². The lowest BCUT2D eigenvalue weighted by molar-refractivity contribution is 0.100. The zero-order chi connectivity index (χ0) is 23.6. The third kappa shape index (κ3) is 4.57. The van der Waals surface area contributed by atoms with Gasteiger partial charge in [0.05, 0.1) is 12.0 Å². The Bertz CT molecular complexity index is 1410. The van der Waals surface area contributed by atoms with Crippen molar-refractivity contribution in [1.29, 1.82) is 0 Å². The molecule has 1 heterocycles. The van der Waals surface area contributed by atoms with Gasteiger partial charge in [-0.25, -0.2) is 13.6 Å². The fourth-order valence-electron chi connectivity index (χ4n) is 3.80. The number of carbonyl (C=O) groups excluding carboxylic acids is 1. The van der Waals surface area contributed by atoms with E-state index in [4.69, 9.17) is 9.88 Å². The number of sulfonamides is 1. The van der Waals surface area contributed by atoms with Gasteiger partial charge in [0, 0.05) is 24.6 Å². The zero-order valence-electron chi connectivity index (χ0n) is 18.2. The van der Waals surface area contributed by atoms with E-state index in [2.05, 4.69) is 4.98 Å². The van der Waals surface area contributed by atoms with Crippen molar-refractivity contribution in [2.24, 2.45) is 5.14 Å². The molecular formula is C25H23N3O4S. The standard InChI is InChI=1S/C25H23N3O4S/c1-17(29)23-25(32-2)27-24(20-8-4-3-5-9-20)28(23)16-18-12-14-19(15-13-18)21-10-6-7-11-22(21)33(26,30)31/h3-15H,16H2,1-2H3,(H2,26,30,31). The maximum atomic E-state index is 12.4. The van der Waals surface area contributed by atoms with Crippen molar-refractivity contribution in [3.63, 3.8) is 0 Å². The van der Waals surface area contributed by atoms with Crippen molar-refractivity contribution in [2.75, 3.05) is 7.11 Å². The number of nitrogens with zero attached hydrogens (tertiary/aromatic N) is 2. The molecule has 4 aromatic rings. The molecular weight excluding hydrogens is 438 g/mol. The van der Waals surface area contributed by atoms with E-state index in [9.17, 15) is 13.2 Å². The molecule has 8 heteroatoms. The minimum atomic E-state index is -3.86. The first-order chi connectivity index (χ1) is 15.8. The van der Waals surface area contributed by atoms with Crippen molar-refractivity contribution in [3.05, 3.63) is 90.1 Å². The van der Waals surface area contributed by atoms with Crippen LogP contribution >= 0.6 is 0 Å². The molecule has 0 saturated carbocycles. The van der Waals surface area contributed by atoms with Gasteiger partial charge in [-0.15, -0.1) is 0 Å². The van der Waals surface area contributed by atoms with E-state index in [1.165, 1.54) is 20.1 Å². The summed E-state index contributed by atoms with van der Waals surface area (Å²) in [5, 5.41) is 5.38. The van der Waals surface area contributed by atoms with E-state index >= 15 is 0 Å². The first-order valence-electron chi connectivity index (χ1n) is 10.2. The second kappa shape index (κ2) is 9.01. The lowest BCUT2D eigenvalue weighted by Crippen LogP contribution is -2.13. The topological polar surface area (TPSA) is 104 Å². The van der Waals surface area contributed by atoms with Crippen LogP contribution < -0.4 is 9.88 Å². The molecule has 4 rings (SSSR count). The summed E-state index contributed by atoms with van der Waals surface area (Å²) in [6.45, 7) is 1.87. The second-order valence-electron chi connectivity index (χ2n) is 7.54. The number of hydrogen-bond donors (Lipinski definition) is 1. The summed E-state index contributed by atoms with van der Waals surface area (Å²) >= 11 is 0. The lowest BCUT2D eigenvalue weighted by atomic mass is 10.0. The van der Waals surface area contributed by atoms with Crippen molar-refractivity contribution >= 4 is 15.8 Å². The van der Waals surface area contributed by atoms with Crippen LogP contribution in [0.1, 0.15) is 23.0 Å². The molecule has 0 atom stereocenters. The maximum absolute atomic E-state index is 12.4. The highest BCUT2D eigenvalue weighted by atomic mass is 32.2. The third-order valence-electron chi connectivity index (χ3n) is 5.29. The van der Waals surface area contributed by atoms with Crippen LogP contribution in [0.25, 0.3) is 22.5 Å². The number of ether oxygens (including phenoxy) is 1. The quantitative estimate of drug-likeness (QED) is 0.417. The summed E-state index contributed by atoms with van der Waals surface area (Å²) in [6.07, 6.45) is 0. The van der Waals surface area contributed by atoms with Crippen molar-refractivity contribution in [1.82, 2.24) is 9.55 Å². The van der Waals surface area contributed by atoms with Crippen LogP contribution in [0.3, 0.4) is 0 Å². The Hall–Kier alpha value is -3.75. The Labute approximate surface area is 192 Å². The van der Waals surface area contributed by atoms with E-state index in [0.29, 0.717) is 23.6 Å². The Morgan fingerprint density at radius 3 is 2.18 bits per heavy atom. The number of imidazole rings is 1. The van der Waals surface area contributed by atoms with Crippen LogP contribution in [-0.2, 0) is 16.6 Å². The van der Waals surface area contributed by atoms with E-state index in [1.807, 2.05) is 59.2 Å². The smallest absolute Gasteiger partial charge is 0.243 e.